The summed E-state index contributed by atoms with van der Waals surface area (Å²) in [7, 11) is 1.93. The Bertz CT molecular complexity index is 1280. The molecule has 0 saturated carbocycles. The van der Waals surface area contributed by atoms with Gasteiger partial charge >= 0.3 is 0 Å². The molecule has 0 radical (unpaired) electrons. The lowest BCUT2D eigenvalue weighted by Crippen LogP contribution is -2.39. The van der Waals surface area contributed by atoms with Crippen molar-refractivity contribution in [3.05, 3.63) is 101 Å². The molecule has 2 aliphatic rings. The van der Waals surface area contributed by atoms with E-state index in [9.17, 15) is 9.90 Å². The smallest absolute Gasteiger partial charge is 0.284 e. The highest BCUT2D eigenvalue weighted by Crippen LogP contribution is 2.36. The molecule has 0 saturated heterocycles. The van der Waals surface area contributed by atoms with Crippen molar-refractivity contribution in [3.8, 4) is 10.4 Å². The monoisotopic (exact) mass is 470 g/mol. The molecule has 0 spiro atoms. The summed E-state index contributed by atoms with van der Waals surface area (Å²) in [5, 5.41) is 20.1. The predicted molar refractivity (Wildman–Crippen MR) is 136 cm³/mol. The Labute approximate surface area is 203 Å². The topological polar surface area (TPSA) is 77.8 Å². The zero-order chi connectivity index (χ0) is 23.5. The minimum atomic E-state index is -0.258. The molecule has 3 heterocycles. The van der Waals surface area contributed by atoms with Crippen LogP contribution in [0, 0.1) is 5.92 Å². The van der Waals surface area contributed by atoms with E-state index in [4.69, 9.17) is 5.10 Å². The number of nitrogens with one attached hydrogen (secondary N) is 1. The highest BCUT2D eigenvalue weighted by molar-refractivity contribution is 7.17. The predicted octanol–water partition coefficient (Wildman–Crippen LogP) is 5.17. The van der Waals surface area contributed by atoms with Crippen molar-refractivity contribution in [3.63, 3.8) is 0 Å². The number of hydrazone groups is 1. The lowest BCUT2D eigenvalue weighted by atomic mass is 9.87. The van der Waals surface area contributed by atoms with Crippen LogP contribution in [0.2, 0.25) is 0 Å². The lowest BCUT2D eigenvalue weighted by molar-refractivity contribution is 0.0654. The minimum Gasteiger partial charge on any atom is -0.512 e. The number of hydrogen-bond acceptors (Lipinski definition) is 6. The maximum atomic E-state index is 13.7. The number of thiophene rings is 1. The standard InChI is InChI=1S/C27H26N4O2S/c1-28-16-18-7-2-3-9-20(18)25-12-13-26(34-25)27(33)31-23(21-10-4-5-11-24(21)32)15-22(30-31)19-8-6-14-29-17-19/h2-9,11-14,17,21,23,28,32H,10,15-16H2,1H3. The molecule has 2 aromatic heterocycles. The molecule has 1 amide bonds. The van der Waals surface area contributed by atoms with Gasteiger partial charge in [0.1, 0.15) is 0 Å². The Morgan fingerprint density at radius 1 is 1.21 bits per heavy atom. The molecule has 2 N–H and O–H groups in total. The molecule has 0 fully saturated rings. The SMILES string of the molecule is CNCc1ccccc1-c1ccc(C(=O)N2N=C(c3cccnc3)CC2C2CC=CC=C2O)s1. The van der Waals surface area contributed by atoms with Crippen molar-refractivity contribution in [2.45, 2.75) is 25.4 Å². The van der Waals surface area contributed by atoms with E-state index in [2.05, 4.69) is 22.4 Å². The number of carbonyl (C=O) groups is 1. The fourth-order valence-electron chi connectivity index (χ4n) is 4.55. The van der Waals surface area contributed by atoms with Gasteiger partial charge < -0.3 is 10.4 Å². The molecule has 1 aliphatic heterocycles. The Kier molecular flexibility index (Phi) is 6.38. The molecule has 1 aromatic carbocycles. The molecule has 6 nitrogen and oxygen atoms in total. The van der Waals surface area contributed by atoms with E-state index in [0.717, 1.165) is 28.3 Å². The average Bonchev–Trinajstić information content (AvgIpc) is 3.53. The summed E-state index contributed by atoms with van der Waals surface area (Å²) in [6.07, 6.45) is 10.3. The number of rotatable bonds is 6. The molecule has 1 aliphatic carbocycles. The van der Waals surface area contributed by atoms with Gasteiger partial charge in [0, 0.05) is 41.7 Å². The first-order valence-corrected chi connectivity index (χ1v) is 12.2. The van der Waals surface area contributed by atoms with Crippen LogP contribution in [0.4, 0.5) is 0 Å². The number of carbonyl (C=O) groups excluding carboxylic acids is 1. The van der Waals surface area contributed by atoms with Gasteiger partial charge in [0.15, 0.2) is 0 Å². The fourth-order valence-corrected chi connectivity index (χ4v) is 5.55. The van der Waals surface area contributed by atoms with E-state index >= 15 is 0 Å². The number of benzene rings is 1. The Balaban J connectivity index is 1.48. The van der Waals surface area contributed by atoms with Gasteiger partial charge in [0.05, 0.1) is 22.4 Å². The van der Waals surface area contributed by atoms with Crippen molar-refractivity contribution >= 4 is 23.0 Å². The molecule has 2 atom stereocenters. The minimum absolute atomic E-state index is 0.145. The van der Waals surface area contributed by atoms with Gasteiger partial charge in [0.2, 0.25) is 0 Å². The van der Waals surface area contributed by atoms with Crippen LogP contribution in [-0.4, -0.2) is 39.8 Å². The number of aliphatic hydroxyl groups is 1. The highest BCUT2D eigenvalue weighted by atomic mass is 32.1. The van der Waals surface area contributed by atoms with Crippen LogP contribution in [0.15, 0.2) is 90.0 Å². The van der Waals surface area contributed by atoms with Crippen molar-refractivity contribution in [2.24, 2.45) is 11.0 Å². The van der Waals surface area contributed by atoms with E-state index in [1.165, 1.54) is 16.9 Å². The number of pyridine rings is 1. The second-order valence-electron chi connectivity index (χ2n) is 8.42. The van der Waals surface area contributed by atoms with Gasteiger partial charge in [-0.3, -0.25) is 9.78 Å². The number of nitrogens with zero attached hydrogens (tertiary/aromatic N) is 3. The first-order valence-electron chi connectivity index (χ1n) is 11.4. The van der Waals surface area contributed by atoms with Gasteiger partial charge in [-0.1, -0.05) is 42.5 Å². The van der Waals surface area contributed by atoms with E-state index in [1.54, 1.807) is 23.5 Å². The molecule has 0 bridgehead atoms. The second kappa shape index (κ2) is 9.75. The first-order chi connectivity index (χ1) is 16.7. The van der Waals surface area contributed by atoms with Crippen molar-refractivity contribution < 1.29 is 9.90 Å². The van der Waals surface area contributed by atoms with E-state index in [-0.39, 0.29) is 17.9 Å². The maximum Gasteiger partial charge on any atom is 0.284 e. The second-order valence-corrected chi connectivity index (χ2v) is 9.51. The summed E-state index contributed by atoms with van der Waals surface area (Å²) in [5.74, 6) is -0.0444. The zero-order valence-electron chi connectivity index (χ0n) is 18.9. The third-order valence-electron chi connectivity index (χ3n) is 6.25. The van der Waals surface area contributed by atoms with Gasteiger partial charge in [-0.2, -0.15) is 5.10 Å². The van der Waals surface area contributed by atoms with Crippen LogP contribution < -0.4 is 5.32 Å². The van der Waals surface area contributed by atoms with Crippen LogP contribution >= 0.6 is 11.3 Å². The van der Waals surface area contributed by atoms with Crippen LogP contribution in [0.3, 0.4) is 0 Å². The number of aromatic nitrogens is 1. The summed E-state index contributed by atoms with van der Waals surface area (Å²) in [6, 6.07) is 15.7. The number of aliphatic hydroxyl groups excluding tert-OH is 1. The molecular formula is C27H26N4O2S. The van der Waals surface area contributed by atoms with Crippen LogP contribution in [-0.2, 0) is 6.54 Å². The quantitative estimate of drug-likeness (QED) is 0.521. The van der Waals surface area contributed by atoms with Crippen molar-refractivity contribution in [1.29, 1.82) is 0 Å². The first kappa shape index (κ1) is 22.3. The Morgan fingerprint density at radius 3 is 2.88 bits per heavy atom. The molecule has 5 rings (SSSR count). The number of amides is 1. The molecule has 172 valence electrons. The summed E-state index contributed by atoms with van der Waals surface area (Å²) >= 11 is 1.48. The normalized spacial score (nSPS) is 19.7. The number of hydrogen-bond donors (Lipinski definition) is 2. The largest absolute Gasteiger partial charge is 0.512 e. The summed E-state index contributed by atoms with van der Waals surface area (Å²) < 4.78 is 0. The van der Waals surface area contributed by atoms with E-state index in [0.29, 0.717) is 23.5 Å². The van der Waals surface area contributed by atoms with Crippen molar-refractivity contribution in [2.75, 3.05) is 7.05 Å². The third-order valence-corrected chi connectivity index (χ3v) is 7.36. The van der Waals surface area contributed by atoms with E-state index in [1.807, 2.05) is 55.6 Å². The van der Waals surface area contributed by atoms with Crippen molar-refractivity contribution in [1.82, 2.24) is 15.3 Å². The molecular weight excluding hydrogens is 444 g/mol. The zero-order valence-corrected chi connectivity index (χ0v) is 19.7. The highest BCUT2D eigenvalue weighted by Gasteiger charge is 2.39. The van der Waals surface area contributed by atoms with E-state index < -0.39 is 0 Å². The average molecular weight is 471 g/mol. The van der Waals surface area contributed by atoms with Crippen LogP contribution in [0.5, 0.6) is 0 Å². The molecule has 7 heteroatoms. The van der Waals surface area contributed by atoms with Gasteiger partial charge in [-0.05, 0) is 48.9 Å². The third kappa shape index (κ3) is 4.32. The summed E-state index contributed by atoms with van der Waals surface area (Å²) in [6.45, 7) is 0.755. The molecule has 3 aromatic rings. The fraction of sp³-hybridized carbons (Fsp3) is 0.222. The molecule has 2 unspecified atom stereocenters. The summed E-state index contributed by atoms with van der Waals surface area (Å²) in [4.78, 5) is 19.6. The Morgan fingerprint density at radius 2 is 2.09 bits per heavy atom. The lowest BCUT2D eigenvalue weighted by Gasteiger charge is -2.29. The van der Waals surface area contributed by atoms with Gasteiger partial charge in [-0.25, -0.2) is 5.01 Å². The summed E-state index contributed by atoms with van der Waals surface area (Å²) in [5.41, 5.74) is 4.01. The maximum absolute atomic E-state index is 13.7. The molecule has 34 heavy (non-hydrogen) atoms. The van der Waals surface area contributed by atoms with Crippen LogP contribution in [0.25, 0.3) is 10.4 Å². The van der Waals surface area contributed by atoms with Crippen LogP contribution in [0.1, 0.15) is 33.6 Å². The number of allylic oxidation sites excluding steroid dienone is 3. The Hall–Kier alpha value is -3.55. The van der Waals surface area contributed by atoms with Gasteiger partial charge in [0.25, 0.3) is 5.91 Å². The van der Waals surface area contributed by atoms with Gasteiger partial charge in [-0.15, -0.1) is 11.3 Å².